The molecule has 0 aliphatic carbocycles. The molecule has 148 valence electrons. The Morgan fingerprint density at radius 3 is 2.76 bits per heavy atom. The largest absolute Gasteiger partial charge is 0.405 e. The van der Waals surface area contributed by atoms with Crippen LogP contribution in [0, 0.1) is 0 Å². The van der Waals surface area contributed by atoms with Crippen LogP contribution in [0.3, 0.4) is 0 Å². The van der Waals surface area contributed by atoms with Crippen LogP contribution in [0.1, 0.15) is 0 Å². The topological polar surface area (TPSA) is 87.6 Å². The van der Waals surface area contributed by atoms with Crippen molar-refractivity contribution in [2.45, 2.75) is 6.18 Å². The van der Waals surface area contributed by atoms with Gasteiger partial charge >= 0.3 is 12.2 Å². The summed E-state index contributed by atoms with van der Waals surface area (Å²) >= 11 is 0. The maximum atomic E-state index is 12.2. The second kappa shape index (κ2) is 7.30. The number of nitrogens with one attached hydrogen (secondary N) is 3. The number of urea groups is 1. The number of carbonyl (C=O) groups excluding carboxylic acids is 1. The number of hydrogen-bond donors (Lipinski definition) is 3. The Morgan fingerprint density at radius 2 is 2.00 bits per heavy atom. The van der Waals surface area contributed by atoms with Crippen molar-refractivity contribution in [3.05, 3.63) is 61.2 Å². The molecule has 29 heavy (non-hydrogen) atoms. The van der Waals surface area contributed by atoms with E-state index in [1.807, 2.05) is 28.8 Å². The molecule has 4 rings (SSSR count). The highest BCUT2D eigenvalue weighted by molar-refractivity contribution is 5.90. The first kappa shape index (κ1) is 18.5. The molecule has 10 heteroatoms. The second-order valence-electron chi connectivity index (χ2n) is 6.28. The smallest absolute Gasteiger partial charge is 0.329 e. The van der Waals surface area contributed by atoms with Gasteiger partial charge in [0.1, 0.15) is 12.9 Å². The fraction of sp³-hybridized carbons (Fsp3) is 0.105. The zero-order valence-electron chi connectivity index (χ0n) is 14.9. The molecule has 2 aromatic heterocycles. The van der Waals surface area contributed by atoms with Crippen LogP contribution in [0.15, 0.2) is 61.2 Å². The first-order valence-electron chi connectivity index (χ1n) is 8.57. The summed E-state index contributed by atoms with van der Waals surface area (Å²) in [6.45, 7) is -1.40. The van der Waals surface area contributed by atoms with Crippen LogP contribution >= 0.6 is 0 Å². The van der Waals surface area contributed by atoms with Gasteiger partial charge in [0.05, 0.1) is 17.2 Å². The lowest BCUT2D eigenvalue weighted by Gasteiger charge is -2.11. The minimum absolute atomic E-state index is 0.360. The normalized spacial score (nSPS) is 11.6. The van der Waals surface area contributed by atoms with E-state index in [1.54, 1.807) is 42.2 Å². The van der Waals surface area contributed by atoms with Gasteiger partial charge in [-0.05, 0) is 35.9 Å². The Morgan fingerprint density at radius 1 is 1.14 bits per heavy atom. The molecule has 0 aliphatic heterocycles. The van der Waals surface area contributed by atoms with E-state index >= 15 is 0 Å². The standard InChI is InChI=1S/C19H15F3N6O/c20-19(21,22)10-23-18(29)27-14-2-1-3-15(7-14)28-11-24-16-6-12(4-5-17(16)28)13-8-25-26-9-13/h1-9,11H,10H2,(H,25,26)(H2,23,27,29). The number of imidazole rings is 1. The fourth-order valence-electron chi connectivity index (χ4n) is 2.90. The predicted molar refractivity (Wildman–Crippen MR) is 102 cm³/mol. The summed E-state index contributed by atoms with van der Waals surface area (Å²) < 4.78 is 38.5. The quantitative estimate of drug-likeness (QED) is 0.482. The van der Waals surface area contributed by atoms with Crippen molar-refractivity contribution < 1.29 is 18.0 Å². The van der Waals surface area contributed by atoms with E-state index in [2.05, 4.69) is 20.5 Å². The number of rotatable bonds is 4. The van der Waals surface area contributed by atoms with Crippen molar-refractivity contribution >= 4 is 22.8 Å². The van der Waals surface area contributed by atoms with E-state index in [1.165, 1.54) is 0 Å². The molecule has 0 fully saturated rings. The Bertz CT molecular complexity index is 1150. The molecule has 3 N–H and O–H groups in total. The van der Waals surface area contributed by atoms with Gasteiger partial charge in [0.2, 0.25) is 0 Å². The molecule has 0 atom stereocenters. The number of hydrogen-bond acceptors (Lipinski definition) is 3. The Kier molecular flexibility index (Phi) is 4.67. The number of anilines is 1. The lowest BCUT2D eigenvalue weighted by Crippen LogP contribution is -2.36. The van der Waals surface area contributed by atoms with Crippen molar-refractivity contribution in [1.82, 2.24) is 25.1 Å². The molecule has 2 heterocycles. The molecular formula is C19H15F3N6O. The lowest BCUT2D eigenvalue weighted by atomic mass is 10.1. The van der Waals surface area contributed by atoms with E-state index in [-0.39, 0.29) is 0 Å². The zero-order valence-corrected chi connectivity index (χ0v) is 14.9. The molecule has 4 aromatic rings. The molecular weight excluding hydrogens is 385 g/mol. The molecule has 0 saturated heterocycles. The van der Waals surface area contributed by atoms with Gasteiger partial charge in [-0.3, -0.25) is 9.67 Å². The Balaban J connectivity index is 1.56. The van der Waals surface area contributed by atoms with E-state index in [0.717, 1.165) is 22.2 Å². The Hall–Kier alpha value is -3.82. The van der Waals surface area contributed by atoms with Gasteiger partial charge in [0, 0.05) is 23.1 Å². The number of fused-ring (bicyclic) bond motifs is 1. The summed E-state index contributed by atoms with van der Waals surface area (Å²) in [5.41, 5.74) is 4.59. The van der Waals surface area contributed by atoms with Gasteiger partial charge < -0.3 is 10.6 Å². The minimum atomic E-state index is -4.47. The number of benzene rings is 2. The van der Waals surface area contributed by atoms with Gasteiger partial charge in [0.25, 0.3) is 0 Å². The highest BCUT2D eigenvalue weighted by atomic mass is 19.4. The van der Waals surface area contributed by atoms with Gasteiger partial charge in [0.15, 0.2) is 0 Å². The number of carbonyl (C=O) groups is 1. The van der Waals surface area contributed by atoms with Crippen LogP contribution in [0.5, 0.6) is 0 Å². The molecule has 0 spiro atoms. The van der Waals surface area contributed by atoms with E-state index in [4.69, 9.17) is 0 Å². The predicted octanol–water partition coefficient (Wildman–Crippen LogP) is 4.10. The van der Waals surface area contributed by atoms with Crippen molar-refractivity contribution in [3.8, 4) is 16.8 Å². The van der Waals surface area contributed by atoms with Crippen molar-refractivity contribution in [2.75, 3.05) is 11.9 Å². The maximum Gasteiger partial charge on any atom is 0.405 e. The first-order valence-corrected chi connectivity index (χ1v) is 8.57. The van der Waals surface area contributed by atoms with Gasteiger partial charge in [-0.2, -0.15) is 18.3 Å². The van der Waals surface area contributed by atoms with Crippen molar-refractivity contribution in [3.63, 3.8) is 0 Å². The highest BCUT2D eigenvalue weighted by Crippen LogP contribution is 2.25. The molecule has 0 unspecified atom stereocenters. The minimum Gasteiger partial charge on any atom is -0.329 e. The molecule has 0 radical (unpaired) electrons. The average molecular weight is 400 g/mol. The number of H-pyrrole nitrogens is 1. The number of alkyl halides is 3. The van der Waals surface area contributed by atoms with Gasteiger partial charge in [-0.15, -0.1) is 0 Å². The molecule has 2 amide bonds. The molecule has 7 nitrogen and oxygen atoms in total. The van der Waals surface area contributed by atoms with Crippen LogP contribution < -0.4 is 10.6 Å². The number of halogens is 3. The fourth-order valence-corrected chi connectivity index (χ4v) is 2.90. The van der Waals surface area contributed by atoms with Crippen LogP contribution in [-0.2, 0) is 0 Å². The lowest BCUT2D eigenvalue weighted by molar-refractivity contribution is -0.122. The van der Waals surface area contributed by atoms with E-state index < -0.39 is 18.8 Å². The molecule has 0 saturated carbocycles. The molecule has 0 bridgehead atoms. The summed E-state index contributed by atoms with van der Waals surface area (Å²) in [5, 5.41) is 10.9. The van der Waals surface area contributed by atoms with Crippen molar-refractivity contribution in [2.24, 2.45) is 0 Å². The average Bonchev–Trinajstić information content (AvgIpc) is 3.35. The molecule has 2 aromatic carbocycles. The van der Waals surface area contributed by atoms with Gasteiger partial charge in [-0.1, -0.05) is 12.1 Å². The van der Waals surface area contributed by atoms with Crippen LogP contribution in [0.4, 0.5) is 23.7 Å². The van der Waals surface area contributed by atoms with Crippen molar-refractivity contribution in [1.29, 1.82) is 0 Å². The number of aromatic amines is 1. The third-order valence-corrected chi connectivity index (χ3v) is 4.21. The summed E-state index contributed by atoms with van der Waals surface area (Å²) in [5.74, 6) is 0. The first-order chi connectivity index (χ1) is 13.9. The van der Waals surface area contributed by atoms with E-state index in [9.17, 15) is 18.0 Å². The molecule has 0 aliphatic rings. The van der Waals surface area contributed by atoms with E-state index in [0.29, 0.717) is 11.4 Å². The monoisotopic (exact) mass is 400 g/mol. The third kappa shape index (κ3) is 4.21. The number of aromatic nitrogens is 4. The summed E-state index contributed by atoms with van der Waals surface area (Å²) in [4.78, 5) is 16.1. The third-order valence-electron chi connectivity index (χ3n) is 4.21. The maximum absolute atomic E-state index is 12.2. The van der Waals surface area contributed by atoms with Gasteiger partial charge in [-0.25, -0.2) is 9.78 Å². The van der Waals surface area contributed by atoms with Crippen LogP contribution in [-0.4, -0.2) is 38.5 Å². The number of nitrogens with zero attached hydrogens (tertiary/aromatic N) is 3. The summed E-state index contributed by atoms with van der Waals surface area (Å²) in [7, 11) is 0. The highest BCUT2D eigenvalue weighted by Gasteiger charge is 2.27. The number of amides is 2. The SMILES string of the molecule is O=C(NCC(F)(F)F)Nc1cccc(-n2cnc3cc(-c4cn[nH]c4)ccc32)c1. The van der Waals surface area contributed by atoms with Crippen LogP contribution in [0.25, 0.3) is 27.8 Å². The Labute approximate surface area is 162 Å². The second-order valence-corrected chi connectivity index (χ2v) is 6.28. The van der Waals surface area contributed by atoms with Crippen LogP contribution in [0.2, 0.25) is 0 Å². The summed E-state index contributed by atoms with van der Waals surface area (Å²) in [6.07, 6.45) is 0.686. The zero-order chi connectivity index (χ0) is 20.4. The summed E-state index contributed by atoms with van der Waals surface area (Å²) in [6, 6.07) is 11.6.